The lowest BCUT2D eigenvalue weighted by Crippen LogP contribution is -2.25. The first-order chi connectivity index (χ1) is 12.1. The van der Waals surface area contributed by atoms with Crippen molar-refractivity contribution >= 4 is 27.8 Å². The molecule has 0 saturated carbocycles. The van der Waals surface area contributed by atoms with E-state index >= 15 is 0 Å². The number of hydrogen-bond acceptors (Lipinski definition) is 3. The Bertz CT molecular complexity index is 1080. The summed E-state index contributed by atoms with van der Waals surface area (Å²) in [6.07, 6.45) is 3.78. The van der Waals surface area contributed by atoms with Gasteiger partial charge in [-0.3, -0.25) is 4.79 Å². The summed E-state index contributed by atoms with van der Waals surface area (Å²) in [7, 11) is 0. The molecule has 0 atom stereocenters. The normalized spacial score (nSPS) is 11.2. The Morgan fingerprint density at radius 3 is 2.96 bits per heavy atom. The molecule has 0 aliphatic rings. The molecule has 6 heteroatoms. The molecular formula is C19H15FN2O3. The van der Waals surface area contributed by atoms with Gasteiger partial charge in [0, 0.05) is 35.1 Å². The highest BCUT2D eigenvalue weighted by atomic mass is 19.1. The summed E-state index contributed by atoms with van der Waals surface area (Å²) in [6, 6.07) is 9.21. The summed E-state index contributed by atoms with van der Waals surface area (Å²) in [5.41, 5.74) is 2.68. The van der Waals surface area contributed by atoms with Gasteiger partial charge in [-0.25, -0.2) is 4.39 Å². The number of fused-ring (bicyclic) bond motifs is 2. The number of phenolic OH excluding ortho intramolecular Hbond substituents is 1. The minimum Gasteiger partial charge on any atom is -0.508 e. The number of carbonyl (C=O) groups is 1. The van der Waals surface area contributed by atoms with Crippen molar-refractivity contribution in [2.75, 3.05) is 6.54 Å². The zero-order valence-corrected chi connectivity index (χ0v) is 13.2. The Hall–Kier alpha value is -3.28. The number of rotatable bonds is 4. The van der Waals surface area contributed by atoms with E-state index in [0.717, 1.165) is 16.5 Å². The van der Waals surface area contributed by atoms with Gasteiger partial charge in [0.15, 0.2) is 0 Å². The van der Waals surface area contributed by atoms with Crippen LogP contribution in [0, 0.1) is 5.82 Å². The fraction of sp³-hybridized carbons (Fsp3) is 0.105. The molecule has 25 heavy (non-hydrogen) atoms. The van der Waals surface area contributed by atoms with Gasteiger partial charge in [0.1, 0.15) is 23.4 Å². The molecule has 0 aliphatic carbocycles. The van der Waals surface area contributed by atoms with Crippen molar-refractivity contribution in [1.82, 2.24) is 10.3 Å². The number of furan rings is 1. The Balaban J connectivity index is 1.47. The van der Waals surface area contributed by atoms with Gasteiger partial charge in [-0.2, -0.15) is 0 Å². The third-order valence-corrected chi connectivity index (χ3v) is 4.21. The standard InChI is InChI=1S/C19H15FN2O3/c20-12-1-4-17-15(7-12)11(9-22-17)5-6-21-19(24)16-10-25-18-8-13(23)2-3-14(16)18/h1-4,7-10,22-23H,5-6H2,(H,21,24). The second kappa shape index (κ2) is 5.98. The van der Waals surface area contributed by atoms with E-state index in [0.29, 0.717) is 29.5 Å². The molecule has 0 bridgehead atoms. The number of nitrogens with one attached hydrogen (secondary N) is 2. The van der Waals surface area contributed by atoms with Crippen LogP contribution in [0.4, 0.5) is 4.39 Å². The fourth-order valence-corrected chi connectivity index (χ4v) is 2.96. The van der Waals surface area contributed by atoms with E-state index < -0.39 is 0 Å². The first kappa shape index (κ1) is 15.3. The minimum atomic E-state index is -0.287. The third kappa shape index (κ3) is 2.82. The number of hydrogen-bond donors (Lipinski definition) is 3. The Kier molecular flexibility index (Phi) is 3.65. The average Bonchev–Trinajstić information content (AvgIpc) is 3.18. The predicted octanol–water partition coefficient (Wildman–Crippen LogP) is 3.73. The second-order valence-electron chi connectivity index (χ2n) is 5.84. The Morgan fingerprint density at radius 1 is 1.20 bits per heavy atom. The number of halogens is 1. The zero-order valence-electron chi connectivity index (χ0n) is 13.2. The molecule has 0 saturated heterocycles. The molecule has 0 spiro atoms. The van der Waals surface area contributed by atoms with Crippen LogP contribution in [0.5, 0.6) is 5.75 Å². The zero-order chi connectivity index (χ0) is 17.4. The van der Waals surface area contributed by atoms with E-state index in [9.17, 15) is 14.3 Å². The molecule has 0 fully saturated rings. The minimum absolute atomic E-state index is 0.0837. The number of carbonyl (C=O) groups excluding carboxylic acids is 1. The van der Waals surface area contributed by atoms with Gasteiger partial charge in [-0.1, -0.05) is 0 Å². The molecule has 2 aromatic heterocycles. The van der Waals surface area contributed by atoms with Crippen LogP contribution in [0.1, 0.15) is 15.9 Å². The summed E-state index contributed by atoms with van der Waals surface area (Å²) in [5, 5.41) is 13.7. The highest BCUT2D eigenvalue weighted by molar-refractivity contribution is 6.06. The number of H-pyrrole nitrogens is 1. The van der Waals surface area contributed by atoms with Crippen LogP contribution in [0.3, 0.4) is 0 Å². The van der Waals surface area contributed by atoms with E-state index in [1.54, 1.807) is 12.1 Å². The van der Waals surface area contributed by atoms with Gasteiger partial charge in [0.25, 0.3) is 5.91 Å². The van der Waals surface area contributed by atoms with E-state index in [-0.39, 0.29) is 17.5 Å². The smallest absolute Gasteiger partial charge is 0.255 e. The van der Waals surface area contributed by atoms with E-state index in [1.807, 2.05) is 6.20 Å². The number of benzene rings is 2. The van der Waals surface area contributed by atoms with Crippen LogP contribution in [0.25, 0.3) is 21.9 Å². The van der Waals surface area contributed by atoms with Crippen LogP contribution in [-0.2, 0) is 6.42 Å². The fourth-order valence-electron chi connectivity index (χ4n) is 2.96. The highest BCUT2D eigenvalue weighted by Gasteiger charge is 2.14. The summed E-state index contributed by atoms with van der Waals surface area (Å²) in [6.45, 7) is 0.410. The van der Waals surface area contributed by atoms with Crippen molar-refractivity contribution < 1.29 is 18.7 Å². The molecule has 1 amide bonds. The molecule has 4 rings (SSSR count). The quantitative estimate of drug-likeness (QED) is 0.530. The lowest BCUT2D eigenvalue weighted by Gasteiger charge is -2.04. The average molecular weight is 338 g/mol. The van der Waals surface area contributed by atoms with Crippen molar-refractivity contribution in [3.8, 4) is 5.75 Å². The molecule has 0 aliphatic heterocycles. The van der Waals surface area contributed by atoms with Gasteiger partial charge in [-0.15, -0.1) is 0 Å². The van der Waals surface area contributed by atoms with Gasteiger partial charge >= 0.3 is 0 Å². The first-order valence-corrected chi connectivity index (χ1v) is 7.86. The summed E-state index contributed by atoms with van der Waals surface area (Å²) in [4.78, 5) is 15.4. The van der Waals surface area contributed by atoms with Crippen LogP contribution in [-0.4, -0.2) is 22.5 Å². The summed E-state index contributed by atoms with van der Waals surface area (Å²) >= 11 is 0. The predicted molar refractivity (Wildman–Crippen MR) is 92.2 cm³/mol. The molecule has 5 nitrogen and oxygen atoms in total. The monoisotopic (exact) mass is 338 g/mol. The number of amides is 1. The van der Waals surface area contributed by atoms with Crippen LogP contribution < -0.4 is 5.32 Å². The molecule has 0 radical (unpaired) electrons. The number of aromatic hydroxyl groups is 1. The molecular weight excluding hydrogens is 323 g/mol. The maximum atomic E-state index is 13.4. The molecule has 4 aromatic rings. The van der Waals surface area contributed by atoms with Crippen molar-refractivity contribution in [3.05, 3.63) is 65.8 Å². The van der Waals surface area contributed by atoms with Crippen molar-refractivity contribution in [2.45, 2.75) is 6.42 Å². The lowest BCUT2D eigenvalue weighted by molar-refractivity contribution is 0.0955. The SMILES string of the molecule is O=C(NCCc1c[nH]c2ccc(F)cc12)c1coc2cc(O)ccc12. The maximum absolute atomic E-state index is 13.4. The molecule has 3 N–H and O–H groups in total. The van der Waals surface area contributed by atoms with Crippen LogP contribution >= 0.6 is 0 Å². The van der Waals surface area contributed by atoms with E-state index in [2.05, 4.69) is 10.3 Å². The van der Waals surface area contributed by atoms with Crippen LogP contribution in [0.2, 0.25) is 0 Å². The lowest BCUT2D eigenvalue weighted by atomic mass is 10.1. The van der Waals surface area contributed by atoms with Gasteiger partial charge < -0.3 is 19.8 Å². The topological polar surface area (TPSA) is 78.3 Å². The highest BCUT2D eigenvalue weighted by Crippen LogP contribution is 2.25. The maximum Gasteiger partial charge on any atom is 0.255 e. The van der Waals surface area contributed by atoms with Gasteiger partial charge in [0.2, 0.25) is 0 Å². The van der Waals surface area contributed by atoms with Crippen molar-refractivity contribution in [3.63, 3.8) is 0 Å². The number of aromatic nitrogens is 1. The molecule has 2 aromatic carbocycles. The summed E-state index contributed by atoms with van der Waals surface area (Å²) in [5.74, 6) is -0.457. The molecule has 126 valence electrons. The number of phenols is 1. The van der Waals surface area contributed by atoms with Crippen molar-refractivity contribution in [1.29, 1.82) is 0 Å². The molecule has 0 unspecified atom stereocenters. The summed E-state index contributed by atoms with van der Waals surface area (Å²) < 4.78 is 18.7. The van der Waals surface area contributed by atoms with Gasteiger partial charge in [0.05, 0.1) is 5.56 Å². The number of aromatic amines is 1. The van der Waals surface area contributed by atoms with Gasteiger partial charge in [-0.05, 0) is 42.3 Å². The van der Waals surface area contributed by atoms with E-state index in [4.69, 9.17) is 4.42 Å². The Labute approximate surface area is 142 Å². The second-order valence-corrected chi connectivity index (χ2v) is 5.84. The van der Waals surface area contributed by atoms with Crippen molar-refractivity contribution in [2.24, 2.45) is 0 Å². The largest absolute Gasteiger partial charge is 0.508 e. The van der Waals surface area contributed by atoms with E-state index in [1.165, 1.54) is 30.5 Å². The van der Waals surface area contributed by atoms with Crippen LogP contribution in [0.15, 0.2) is 53.3 Å². The first-order valence-electron chi connectivity index (χ1n) is 7.86. The Morgan fingerprint density at radius 2 is 2.08 bits per heavy atom. The molecule has 2 heterocycles. The third-order valence-electron chi connectivity index (χ3n) is 4.21.